The smallest absolute Gasteiger partial charge is 0.328 e. The molecule has 1 atom stereocenters. The highest BCUT2D eigenvalue weighted by Gasteiger charge is 2.37. The SMILES string of the molecule is COC(=O)C1CCCN1C(=O)C1CC=CC1. The van der Waals surface area contributed by atoms with Crippen molar-refractivity contribution in [1.29, 1.82) is 0 Å². The van der Waals surface area contributed by atoms with E-state index in [1.54, 1.807) is 4.90 Å². The van der Waals surface area contributed by atoms with Crippen molar-refractivity contribution in [3.05, 3.63) is 12.2 Å². The van der Waals surface area contributed by atoms with Gasteiger partial charge in [0.15, 0.2) is 0 Å². The standard InChI is InChI=1S/C12H17NO3/c1-16-12(15)10-7-4-8-13(10)11(14)9-5-2-3-6-9/h2-3,9-10H,4-8H2,1H3. The van der Waals surface area contributed by atoms with E-state index >= 15 is 0 Å². The maximum absolute atomic E-state index is 12.2. The average molecular weight is 223 g/mol. The van der Waals surface area contributed by atoms with Crippen LogP contribution in [0.5, 0.6) is 0 Å². The van der Waals surface area contributed by atoms with Gasteiger partial charge in [0.25, 0.3) is 0 Å². The van der Waals surface area contributed by atoms with Crippen LogP contribution < -0.4 is 0 Å². The summed E-state index contributed by atoms with van der Waals surface area (Å²) in [6.45, 7) is 0.690. The second kappa shape index (κ2) is 4.68. The first kappa shape index (κ1) is 11.2. The molecule has 0 aromatic carbocycles. The minimum atomic E-state index is -0.349. The lowest BCUT2D eigenvalue weighted by atomic mass is 10.1. The number of carbonyl (C=O) groups is 2. The van der Waals surface area contributed by atoms with E-state index < -0.39 is 0 Å². The van der Waals surface area contributed by atoms with Gasteiger partial charge in [0.2, 0.25) is 5.91 Å². The molecule has 1 amide bonds. The van der Waals surface area contributed by atoms with Crippen LogP contribution in [-0.4, -0.2) is 36.5 Å². The fourth-order valence-electron chi connectivity index (χ4n) is 2.46. The topological polar surface area (TPSA) is 46.6 Å². The van der Waals surface area contributed by atoms with Gasteiger partial charge in [0.1, 0.15) is 6.04 Å². The van der Waals surface area contributed by atoms with Crippen molar-refractivity contribution >= 4 is 11.9 Å². The number of rotatable bonds is 2. The molecule has 4 nitrogen and oxygen atoms in total. The molecule has 16 heavy (non-hydrogen) atoms. The summed E-state index contributed by atoms with van der Waals surface area (Å²) in [6.07, 6.45) is 7.31. The zero-order valence-electron chi connectivity index (χ0n) is 9.52. The number of hydrogen-bond donors (Lipinski definition) is 0. The number of likely N-dealkylation sites (tertiary alicyclic amines) is 1. The van der Waals surface area contributed by atoms with Crippen molar-refractivity contribution in [1.82, 2.24) is 4.90 Å². The molecule has 4 heteroatoms. The van der Waals surface area contributed by atoms with Crippen molar-refractivity contribution < 1.29 is 14.3 Å². The van der Waals surface area contributed by atoms with Gasteiger partial charge in [-0.2, -0.15) is 0 Å². The minimum Gasteiger partial charge on any atom is -0.467 e. The van der Waals surface area contributed by atoms with Crippen LogP contribution in [0.15, 0.2) is 12.2 Å². The Morgan fingerprint density at radius 2 is 2.00 bits per heavy atom. The third kappa shape index (κ3) is 1.96. The molecule has 0 aromatic heterocycles. The van der Waals surface area contributed by atoms with Crippen LogP contribution in [-0.2, 0) is 14.3 Å². The van der Waals surface area contributed by atoms with E-state index in [0.717, 1.165) is 25.7 Å². The molecule has 88 valence electrons. The molecule has 0 aromatic rings. The Labute approximate surface area is 95.2 Å². The van der Waals surface area contributed by atoms with Crippen molar-refractivity contribution in [3.8, 4) is 0 Å². The molecule has 0 radical (unpaired) electrons. The van der Waals surface area contributed by atoms with Crippen LogP contribution in [0.1, 0.15) is 25.7 Å². The van der Waals surface area contributed by atoms with Crippen molar-refractivity contribution in [2.24, 2.45) is 5.92 Å². The molecule has 1 aliphatic heterocycles. The number of allylic oxidation sites excluding steroid dienone is 2. The number of ether oxygens (including phenoxy) is 1. The summed E-state index contributed by atoms with van der Waals surface area (Å²) in [5.74, 6) is -0.125. The molecule has 1 unspecified atom stereocenters. The largest absolute Gasteiger partial charge is 0.467 e. The van der Waals surface area contributed by atoms with Crippen LogP contribution in [0.3, 0.4) is 0 Å². The monoisotopic (exact) mass is 223 g/mol. The maximum atomic E-state index is 12.2. The lowest BCUT2D eigenvalue weighted by Gasteiger charge is -2.25. The quantitative estimate of drug-likeness (QED) is 0.520. The predicted octanol–water partition coefficient (Wildman–Crippen LogP) is 1.12. The van der Waals surface area contributed by atoms with Crippen LogP contribution in [0.2, 0.25) is 0 Å². The van der Waals surface area contributed by atoms with Crippen LogP contribution in [0.25, 0.3) is 0 Å². The molecular formula is C12H17NO3. The molecule has 1 aliphatic carbocycles. The highest BCUT2D eigenvalue weighted by atomic mass is 16.5. The molecule has 1 fully saturated rings. The second-order valence-corrected chi connectivity index (χ2v) is 4.35. The second-order valence-electron chi connectivity index (χ2n) is 4.35. The highest BCUT2D eigenvalue weighted by molar-refractivity contribution is 5.86. The third-order valence-corrected chi connectivity index (χ3v) is 3.37. The Morgan fingerprint density at radius 1 is 1.31 bits per heavy atom. The van der Waals surface area contributed by atoms with Gasteiger partial charge in [-0.3, -0.25) is 4.79 Å². The lowest BCUT2D eigenvalue weighted by molar-refractivity contribution is -0.152. The van der Waals surface area contributed by atoms with E-state index in [0.29, 0.717) is 6.54 Å². The summed E-state index contributed by atoms with van der Waals surface area (Å²) in [5.41, 5.74) is 0. The molecule has 0 N–H and O–H groups in total. The van der Waals surface area contributed by atoms with E-state index in [9.17, 15) is 9.59 Å². The number of esters is 1. The van der Waals surface area contributed by atoms with Gasteiger partial charge in [-0.25, -0.2) is 4.79 Å². The summed E-state index contributed by atoms with van der Waals surface area (Å²) < 4.78 is 4.73. The van der Waals surface area contributed by atoms with E-state index in [1.807, 2.05) is 12.2 Å². The first-order chi connectivity index (χ1) is 7.74. The molecule has 1 saturated heterocycles. The van der Waals surface area contributed by atoms with Crippen LogP contribution in [0.4, 0.5) is 0 Å². The van der Waals surface area contributed by atoms with Crippen molar-refractivity contribution in [2.75, 3.05) is 13.7 Å². The molecule has 0 spiro atoms. The van der Waals surface area contributed by atoms with Gasteiger partial charge < -0.3 is 9.64 Å². The summed E-state index contributed by atoms with van der Waals surface area (Å²) in [5, 5.41) is 0. The first-order valence-electron chi connectivity index (χ1n) is 5.77. The van der Waals surface area contributed by atoms with Gasteiger partial charge in [-0.1, -0.05) is 12.2 Å². The van der Waals surface area contributed by atoms with Crippen LogP contribution in [0, 0.1) is 5.92 Å². The average Bonchev–Trinajstić information content (AvgIpc) is 2.97. The van der Waals surface area contributed by atoms with Gasteiger partial charge in [0.05, 0.1) is 7.11 Å². The predicted molar refractivity (Wildman–Crippen MR) is 58.6 cm³/mol. The van der Waals surface area contributed by atoms with E-state index in [4.69, 9.17) is 4.74 Å². The molecule has 0 bridgehead atoms. The van der Waals surface area contributed by atoms with Crippen molar-refractivity contribution in [3.63, 3.8) is 0 Å². The highest BCUT2D eigenvalue weighted by Crippen LogP contribution is 2.26. The minimum absolute atomic E-state index is 0.0465. The first-order valence-corrected chi connectivity index (χ1v) is 5.77. The normalized spacial score (nSPS) is 25.1. The summed E-state index contributed by atoms with van der Waals surface area (Å²) >= 11 is 0. The zero-order valence-corrected chi connectivity index (χ0v) is 9.52. The number of nitrogens with zero attached hydrogens (tertiary/aromatic N) is 1. The Balaban J connectivity index is 2.02. The summed E-state index contributed by atoms with van der Waals surface area (Å²) in [6, 6.07) is -0.349. The molecule has 2 rings (SSSR count). The van der Waals surface area contributed by atoms with E-state index in [2.05, 4.69) is 0 Å². The molecular weight excluding hydrogens is 206 g/mol. The summed E-state index contributed by atoms with van der Waals surface area (Å²) in [4.78, 5) is 25.4. The number of methoxy groups -OCH3 is 1. The Hall–Kier alpha value is -1.32. The zero-order chi connectivity index (χ0) is 11.5. The fraction of sp³-hybridized carbons (Fsp3) is 0.667. The van der Waals surface area contributed by atoms with Crippen molar-refractivity contribution in [2.45, 2.75) is 31.7 Å². The molecule has 1 heterocycles. The summed E-state index contributed by atoms with van der Waals surface area (Å²) in [7, 11) is 1.38. The Morgan fingerprint density at radius 3 is 2.62 bits per heavy atom. The maximum Gasteiger partial charge on any atom is 0.328 e. The molecule has 2 aliphatic rings. The molecule has 0 saturated carbocycles. The fourth-order valence-corrected chi connectivity index (χ4v) is 2.46. The van der Waals surface area contributed by atoms with Gasteiger partial charge >= 0.3 is 5.97 Å². The third-order valence-electron chi connectivity index (χ3n) is 3.37. The van der Waals surface area contributed by atoms with E-state index in [1.165, 1.54) is 7.11 Å². The number of amides is 1. The Kier molecular flexibility index (Phi) is 3.27. The lowest BCUT2D eigenvalue weighted by Crippen LogP contribution is -2.43. The van der Waals surface area contributed by atoms with Gasteiger partial charge in [-0.05, 0) is 25.7 Å². The van der Waals surface area contributed by atoms with Gasteiger partial charge in [0, 0.05) is 12.5 Å². The number of hydrogen-bond acceptors (Lipinski definition) is 3. The van der Waals surface area contributed by atoms with E-state index in [-0.39, 0.29) is 23.8 Å². The Bertz CT molecular complexity index is 316. The van der Waals surface area contributed by atoms with Gasteiger partial charge in [-0.15, -0.1) is 0 Å². The van der Waals surface area contributed by atoms with Crippen LogP contribution >= 0.6 is 0 Å². The number of carbonyl (C=O) groups excluding carboxylic acids is 2.